The number of nitrogens with zero attached hydrogens (tertiary/aromatic N) is 4. The second-order valence-corrected chi connectivity index (χ2v) is 6.07. The summed E-state index contributed by atoms with van der Waals surface area (Å²) in [5.74, 6) is 0.721. The molecule has 1 aromatic carbocycles. The van der Waals surface area contributed by atoms with Crippen LogP contribution < -0.4 is 0 Å². The summed E-state index contributed by atoms with van der Waals surface area (Å²) in [6, 6.07) is 6.44. The quantitative estimate of drug-likeness (QED) is 0.905. The first-order valence-corrected chi connectivity index (χ1v) is 7.97. The summed E-state index contributed by atoms with van der Waals surface area (Å²) in [5.41, 5.74) is 0.378. The smallest absolute Gasteiger partial charge is 0.129 e. The summed E-state index contributed by atoms with van der Waals surface area (Å²) in [6.07, 6.45) is 2.99. The molecule has 1 atom stereocenters. The molecule has 1 N–H and O–H groups in total. The molecule has 2 heterocycles. The van der Waals surface area contributed by atoms with Crippen LogP contribution in [0.5, 0.6) is 0 Å². The zero-order chi connectivity index (χ0) is 16.2. The van der Waals surface area contributed by atoms with Gasteiger partial charge in [0.2, 0.25) is 0 Å². The van der Waals surface area contributed by atoms with E-state index in [1.807, 2.05) is 24.0 Å². The van der Waals surface area contributed by atoms with Gasteiger partial charge in [-0.2, -0.15) is 0 Å². The number of aliphatic hydroxyl groups excluding tert-OH is 1. The third kappa shape index (κ3) is 3.96. The molecular weight excluding hydrogens is 295 g/mol. The predicted octanol–water partition coefficient (Wildman–Crippen LogP) is 1.41. The van der Waals surface area contributed by atoms with E-state index in [1.165, 1.54) is 6.07 Å². The van der Waals surface area contributed by atoms with Gasteiger partial charge in [-0.25, -0.2) is 9.37 Å². The van der Waals surface area contributed by atoms with Crippen molar-refractivity contribution in [3.63, 3.8) is 0 Å². The van der Waals surface area contributed by atoms with Gasteiger partial charge in [-0.05, 0) is 6.07 Å². The van der Waals surface area contributed by atoms with Crippen LogP contribution in [0.2, 0.25) is 0 Å². The molecule has 0 unspecified atom stereocenters. The molecule has 1 saturated heterocycles. The van der Waals surface area contributed by atoms with Gasteiger partial charge in [0.05, 0.1) is 12.6 Å². The lowest BCUT2D eigenvalue weighted by atomic mass is 10.1. The van der Waals surface area contributed by atoms with E-state index in [4.69, 9.17) is 0 Å². The molecule has 1 fully saturated rings. The Bertz CT molecular complexity index is 637. The van der Waals surface area contributed by atoms with E-state index < -0.39 is 6.10 Å². The van der Waals surface area contributed by atoms with Gasteiger partial charge in [-0.15, -0.1) is 0 Å². The summed E-state index contributed by atoms with van der Waals surface area (Å²) >= 11 is 0. The first-order valence-electron chi connectivity index (χ1n) is 7.97. The Balaban J connectivity index is 1.49. The molecule has 2 aromatic rings. The van der Waals surface area contributed by atoms with Gasteiger partial charge in [-0.3, -0.25) is 9.80 Å². The summed E-state index contributed by atoms with van der Waals surface area (Å²) in [4.78, 5) is 8.89. The van der Waals surface area contributed by atoms with Gasteiger partial charge in [0.1, 0.15) is 11.6 Å². The van der Waals surface area contributed by atoms with E-state index >= 15 is 0 Å². The topological polar surface area (TPSA) is 44.5 Å². The van der Waals surface area contributed by atoms with Crippen LogP contribution in [0.25, 0.3) is 0 Å². The van der Waals surface area contributed by atoms with Crippen LogP contribution in [0.3, 0.4) is 0 Å². The van der Waals surface area contributed by atoms with Gasteiger partial charge in [0.25, 0.3) is 0 Å². The zero-order valence-corrected chi connectivity index (χ0v) is 13.4. The van der Waals surface area contributed by atoms with E-state index in [1.54, 1.807) is 18.2 Å². The Morgan fingerprint density at radius 2 is 1.87 bits per heavy atom. The number of aryl methyl sites for hydroxylation is 1. The lowest BCUT2D eigenvalue weighted by molar-refractivity contribution is 0.0674. The normalized spacial score (nSPS) is 18.2. The van der Waals surface area contributed by atoms with Crippen molar-refractivity contribution in [3.05, 3.63) is 53.9 Å². The number of piperazine rings is 1. The van der Waals surface area contributed by atoms with Crippen molar-refractivity contribution in [3.8, 4) is 0 Å². The molecule has 0 spiro atoms. The molecule has 0 saturated carbocycles. The number of halogens is 1. The van der Waals surface area contributed by atoms with E-state index in [9.17, 15) is 9.50 Å². The summed E-state index contributed by atoms with van der Waals surface area (Å²) in [6.45, 7) is 4.91. The molecule has 0 amide bonds. The van der Waals surface area contributed by atoms with Crippen molar-refractivity contribution >= 4 is 0 Å². The summed E-state index contributed by atoms with van der Waals surface area (Å²) in [5, 5.41) is 10.3. The number of imidazole rings is 1. The van der Waals surface area contributed by atoms with Crippen molar-refractivity contribution < 1.29 is 9.50 Å². The van der Waals surface area contributed by atoms with Gasteiger partial charge in [0, 0.05) is 57.7 Å². The standard InChI is InChI=1S/C17H23FN4O/c1-20-7-6-19-17(20)13-22-10-8-21(9-11-22)12-16(23)14-4-2-3-5-15(14)18/h2-7,16,23H,8-13H2,1H3/t16-/m0/s1. The van der Waals surface area contributed by atoms with Crippen LogP contribution in [-0.4, -0.2) is 57.2 Å². The minimum Gasteiger partial charge on any atom is -0.387 e. The van der Waals surface area contributed by atoms with Crippen LogP contribution in [0.15, 0.2) is 36.7 Å². The highest BCUT2D eigenvalue weighted by Gasteiger charge is 2.21. The van der Waals surface area contributed by atoms with Gasteiger partial charge >= 0.3 is 0 Å². The molecule has 1 aromatic heterocycles. The van der Waals surface area contributed by atoms with Gasteiger partial charge in [0.15, 0.2) is 0 Å². The molecule has 1 aliphatic rings. The third-order valence-electron chi connectivity index (χ3n) is 4.45. The number of benzene rings is 1. The second kappa shape index (κ2) is 7.21. The van der Waals surface area contributed by atoms with Crippen LogP contribution in [-0.2, 0) is 13.6 Å². The van der Waals surface area contributed by atoms with E-state index in [0.717, 1.165) is 38.5 Å². The molecular formula is C17H23FN4O. The lowest BCUT2D eigenvalue weighted by Gasteiger charge is -2.35. The minimum atomic E-state index is -0.780. The number of aromatic nitrogens is 2. The van der Waals surface area contributed by atoms with Crippen molar-refractivity contribution in [1.29, 1.82) is 0 Å². The Morgan fingerprint density at radius 1 is 1.17 bits per heavy atom. The summed E-state index contributed by atoms with van der Waals surface area (Å²) in [7, 11) is 2.00. The lowest BCUT2D eigenvalue weighted by Crippen LogP contribution is -2.47. The number of β-amino-alcohol motifs (C(OH)–C–C–N with tert-alkyl or cyclic N) is 1. The SMILES string of the molecule is Cn1ccnc1CN1CCN(C[C@H](O)c2ccccc2F)CC1. The maximum Gasteiger partial charge on any atom is 0.129 e. The molecule has 0 aliphatic carbocycles. The molecule has 0 bridgehead atoms. The average molecular weight is 318 g/mol. The van der Waals surface area contributed by atoms with Gasteiger partial charge in [-0.1, -0.05) is 18.2 Å². The van der Waals surface area contributed by atoms with Crippen molar-refractivity contribution in [1.82, 2.24) is 19.4 Å². The van der Waals surface area contributed by atoms with Crippen LogP contribution >= 0.6 is 0 Å². The highest BCUT2D eigenvalue weighted by Crippen LogP contribution is 2.18. The summed E-state index contributed by atoms with van der Waals surface area (Å²) < 4.78 is 15.7. The minimum absolute atomic E-state index is 0.339. The fraction of sp³-hybridized carbons (Fsp3) is 0.471. The largest absolute Gasteiger partial charge is 0.387 e. The first kappa shape index (κ1) is 16.1. The molecule has 124 valence electrons. The maximum atomic E-state index is 13.7. The monoisotopic (exact) mass is 318 g/mol. The zero-order valence-electron chi connectivity index (χ0n) is 13.4. The number of hydrogen-bond acceptors (Lipinski definition) is 4. The number of aliphatic hydroxyl groups is 1. The van der Waals surface area contributed by atoms with Crippen molar-refractivity contribution in [2.24, 2.45) is 7.05 Å². The van der Waals surface area contributed by atoms with E-state index in [2.05, 4.69) is 14.8 Å². The Morgan fingerprint density at radius 3 is 2.52 bits per heavy atom. The highest BCUT2D eigenvalue weighted by molar-refractivity contribution is 5.20. The van der Waals surface area contributed by atoms with Crippen molar-refractivity contribution in [2.75, 3.05) is 32.7 Å². The van der Waals surface area contributed by atoms with Crippen LogP contribution in [0.4, 0.5) is 4.39 Å². The maximum absolute atomic E-state index is 13.7. The highest BCUT2D eigenvalue weighted by atomic mass is 19.1. The first-order chi connectivity index (χ1) is 11.1. The fourth-order valence-corrected chi connectivity index (χ4v) is 2.97. The Labute approximate surface area is 136 Å². The molecule has 3 rings (SSSR count). The van der Waals surface area contributed by atoms with Crippen LogP contribution in [0, 0.1) is 5.82 Å². The number of hydrogen-bond donors (Lipinski definition) is 1. The number of rotatable bonds is 5. The van der Waals surface area contributed by atoms with Gasteiger partial charge < -0.3 is 9.67 Å². The Hall–Kier alpha value is -1.76. The van der Waals surface area contributed by atoms with Crippen LogP contribution in [0.1, 0.15) is 17.5 Å². The fourth-order valence-electron chi connectivity index (χ4n) is 2.97. The predicted molar refractivity (Wildman–Crippen MR) is 86.3 cm³/mol. The Kier molecular flexibility index (Phi) is 5.05. The second-order valence-electron chi connectivity index (χ2n) is 6.07. The third-order valence-corrected chi connectivity index (χ3v) is 4.45. The molecule has 0 radical (unpaired) electrons. The van der Waals surface area contributed by atoms with E-state index in [-0.39, 0.29) is 5.82 Å². The molecule has 1 aliphatic heterocycles. The average Bonchev–Trinajstić information content (AvgIpc) is 2.95. The molecule has 6 heteroatoms. The molecule has 5 nitrogen and oxygen atoms in total. The molecule has 23 heavy (non-hydrogen) atoms. The van der Waals surface area contributed by atoms with E-state index in [0.29, 0.717) is 12.1 Å². The van der Waals surface area contributed by atoms with Crippen molar-refractivity contribution in [2.45, 2.75) is 12.6 Å².